The van der Waals surface area contributed by atoms with Gasteiger partial charge in [0.2, 0.25) is 0 Å². The third-order valence-corrected chi connectivity index (χ3v) is 2.80. The molecule has 2 rings (SSSR count). The van der Waals surface area contributed by atoms with Crippen LogP contribution in [0.5, 0.6) is 0 Å². The van der Waals surface area contributed by atoms with E-state index in [1.54, 1.807) is 36.2 Å². The Morgan fingerprint density at radius 2 is 1.84 bits per heavy atom. The summed E-state index contributed by atoms with van der Waals surface area (Å²) in [5.41, 5.74) is 6.56. The molecule has 0 aliphatic carbocycles. The lowest BCUT2D eigenvalue weighted by Gasteiger charge is -2.19. The molecule has 19 heavy (non-hydrogen) atoms. The van der Waals surface area contributed by atoms with Gasteiger partial charge in [-0.25, -0.2) is 4.39 Å². The fourth-order valence-electron chi connectivity index (χ4n) is 1.82. The van der Waals surface area contributed by atoms with E-state index >= 15 is 0 Å². The average Bonchev–Trinajstić information content (AvgIpc) is 2.38. The van der Waals surface area contributed by atoms with Crippen LogP contribution in [0, 0.1) is 15.9 Å². The first-order chi connectivity index (χ1) is 9.00. The lowest BCUT2D eigenvalue weighted by atomic mass is 10.2. The Bertz CT molecular complexity index is 614. The molecule has 0 fully saturated rings. The third-order valence-electron chi connectivity index (χ3n) is 2.80. The molecule has 0 aromatic heterocycles. The number of nitrogen functional groups attached to an aromatic ring is 1. The van der Waals surface area contributed by atoms with Gasteiger partial charge in [-0.3, -0.25) is 10.1 Å². The van der Waals surface area contributed by atoms with Crippen LogP contribution in [0.25, 0.3) is 0 Å². The number of benzene rings is 2. The Labute approximate surface area is 109 Å². The summed E-state index contributed by atoms with van der Waals surface area (Å²) in [6.45, 7) is 0. The molecular formula is C13H12FN3O2. The van der Waals surface area contributed by atoms with E-state index in [1.165, 1.54) is 18.2 Å². The van der Waals surface area contributed by atoms with Crippen molar-refractivity contribution in [1.82, 2.24) is 0 Å². The van der Waals surface area contributed by atoms with E-state index in [9.17, 15) is 14.5 Å². The number of nitrogens with two attached hydrogens (primary N) is 1. The van der Waals surface area contributed by atoms with Crippen LogP contribution in [0.2, 0.25) is 0 Å². The molecule has 0 bridgehead atoms. The van der Waals surface area contributed by atoms with Gasteiger partial charge < -0.3 is 10.6 Å². The van der Waals surface area contributed by atoms with Crippen molar-refractivity contribution in [2.24, 2.45) is 0 Å². The van der Waals surface area contributed by atoms with Crippen LogP contribution in [0.4, 0.5) is 27.1 Å². The molecular weight excluding hydrogens is 249 g/mol. The lowest BCUT2D eigenvalue weighted by molar-refractivity contribution is -0.383. The summed E-state index contributed by atoms with van der Waals surface area (Å²) in [7, 11) is 1.66. The van der Waals surface area contributed by atoms with E-state index in [0.29, 0.717) is 11.4 Å². The van der Waals surface area contributed by atoms with Gasteiger partial charge in [-0.15, -0.1) is 0 Å². The molecule has 0 spiro atoms. The predicted octanol–water partition coefficient (Wildman–Crippen LogP) is 3.08. The second-order valence-electron chi connectivity index (χ2n) is 4.01. The minimum absolute atomic E-state index is 0.0939. The molecule has 2 N–H and O–H groups in total. The van der Waals surface area contributed by atoms with Crippen LogP contribution >= 0.6 is 0 Å². The van der Waals surface area contributed by atoms with Gasteiger partial charge in [0.15, 0.2) is 0 Å². The van der Waals surface area contributed by atoms with Crippen molar-refractivity contribution in [3.05, 3.63) is 58.4 Å². The molecule has 0 saturated heterocycles. The highest BCUT2D eigenvalue weighted by molar-refractivity contribution is 5.79. The molecule has 0 radical (unpaired) electrons. The van der Waals surface area contributed by atoms with Crippen LogP contribution in [0.15, 0.2) is 42.5 Å². The maximum Gasteiger partial charge on any atom is 0.315 e. The summed E-state index contributed by atoms with van der Waals surface area (Å²) in [4.78, 5) is 12.1. The van der Waals surface area contributed by atoms with Crippen molar-refractivity contribution < 1.29 is 9.31 Å². The highest BCUT2D eigenvalue weighted by Gasteiger charge is 2.21. The van der Waals surface area contributed by atoms with Gasteiger partial charge in [-0.05, 0) is 36.4 Å². The fraction of sp³-hybridized carbons (Fsp3) is 0.0769. The van der Waals surface area contributed by atoms with Gasteiger partial charge >= 0.3 is 5.69 Å². The summed E-state index contributed by atoms with van der Waals surface area (Å²) in [5.74, 6) is -0.362. The molecule has 0 amide bonds. The predicted molar refractivity (Wildman–Crippen MR) is 72.0 cm³/mol. The van der Waals surface area contributed by atoms with Crippen LogP contribution in [0.1, 0.15) is 0 Å². The zero-order valence-electron chi connectivity index (χ0n) is 10.2. The average molecular weight is 261 g/mol. The number of para-hydroxylation sites is 1. The van der Waals surface area contributed by atoms with Crippen molar-refractivity contribution >= 4 is 22.7 Å². The first-order valence-electron chi connectivity index (χ1n) is 5.53. The monoisotopic (exact) mass is 261 g/mol. The van der Waals surface area contributed by atoms with Crippen LogP contribution in [-0.4, -0.2) is 12.0 Å². The first kappa shape index (κ1) is 12.8. The standard InChI is InChI=1S/C13H12FN3O2/c1-16(10-7-5-9(14)6-8-10)12-4-2-3-11(15)13(12)17(18)19/h2-8H,15H2,1H3. The number of hydrogen-bond acceptors (Lipinski definition) is 4. The van der Waals surface area contributed by atoms with Crippen molar-refractivity contribution in [2.45, 2.75) is 0 Å². The Morgan fingerprint density at radius 1 is 1.21 bits per heavy atom. The third kappa shape index (κ3) is 2.47. The normalized spacial score (nSPS) is 10.2. The molecule has 2 aromatic carbocycles. The number of nitro groups is 1. The van der Waals surface area contributed by atoms with Gasteiger partial charge in [0.25, 0.3) is 0 Å². The Balaban J connectivity index is 2.49. The summed E-state index contributed by atoms with van der Waals surface area (Å²) >= 11 is 0. The summed E-state index contributed by atoms with van der Waals surface area (Å²) < 4.78 is 12.9. The van der Waals surface area contributed by atoms with Crippen LogP contribution in [0.3, 0.4) is 0 Å². The van der Waals surface area contributed by atoms with E-state index < -0.39 is 4.92 Å². The highest BCUT2D eigenvalue weighted by atomic mass is 19.1. The van der Waals surface area contributed by atoms with E-state index in [4.69, 9.17) is 5.73 Å². The minimum atomic E-state index is -0.523. The van der Waals surface area contributed by atoms with Crippen molar-refractivity contribution in [3.8, 4) is 0 Å². The summed E-state index contributed by atoms with van der Waals surface area (Å²) in [5, 5.41) is 11.1. The SMILES string of the molecule is CN(c1ccc(F)cc1)c1cccc(N)c1[N+](=O)[O-]. The minimum Gasteiger partial charge on any atom is -0.393 e. The van der Waals surface area contributed by atoms with Crippen molar-refractivity contribution in [1.29, 1.82) is 0 Å². The van der Waals surface area contributed by atoms with Crippen molar-refractivity contribution in [3.63, 3.8) is 0 Å². The smallest absolute Gasteiger partial charge is 0.315 e. The van der Waals surface area contributed by atoms with Gasteiger partial charge in [0.1, 0.15) is 17.2 Å². The van der Waals surface area contributed by atoms with E-state index in [-0.39, 0.29) is 17.2 Å². The fourth-order valence-corrected chi connectivity index (χ4v) is 1.82. The molecule has 98 valence electrons. The zero-order valence-corrected chi connectivity index (χ0v) is 10.2. The highest BCUT2D eigenvalue weighted by Crippen LogP contribution is 2.36. The molecule has 5 nitrogen and oxygen atoms in total. The number of nitro benzene ring substituents is 1. The van der Waals surface area contributed by atoms with Gasteiger partial charge in [0, 0.05) is 12.7 Å². The molecule has 0 atom stereocenters. The van der Waals surface area contributed by atoms with E-state index in [1.807, 2.05) is 0 Å². The second-order valence-corrected chi connectivity index (χ2v) is 4.01. The number of hydrogen-bond donors (Lipinski definition) is 1. The van der Waals surface area contributed by atoms with Crippen molar-refractivity contribution in [2.75, 3.05) is 17.7 Å². The molecule has 6 heteroatoms. The molecule has 0 saturated carbocycles. The molecule has 0 aliphatic heterocycles. The topological polar surface area (TPSA) is 72.4 Å². The largest absolute Gasteiger partial charge is 0.393 e. The van der Waals surface area contributed by atoms with E-state index in [2.05, 4.69) is 0 Å². The van der Waals surface area contributed by atoms with Crippen LogP contribution < -0.4 is 10.6 Å². The van der Waals surface area contributed by atoms with Gasteiger partial charge in [-0.2, -0.15) is 0 Å². The summed E-state index contributed by atoms with van der Waals surface area (Å²) in [6.07, 6.45) is 0. The first-order valence-corrected chi connectivity index (χ1v) is 5.53. The Morgan fingerprint density at radius 3 is 2.42 bits per heavy atom. The summed E-state index contributed by atoms with van der Waals surface area (Å²) in [6, 6.07) is 10.4. The van der Waals surface area contributed by atoms with Crippen LogP contribution in [-0.2, 0) is 0 Å². The number of halogens is 1. The maximum absolute atomic E-state index is 12.9. The Kier molecular flexibility index (Phi) is 3.33. The van der Waals surface area contributed by atoms with E-state index in [0.717, 1.165) is 0 Å². The van der Waals surface area contributed by atoms with Gasteiger partial charge in [-0.1, -0.05) is 6.07 Å². The Hall–Kier alpha value is -2.63. The maximum atomic E-state index is 12.9. The van der Waals surface area contributed by atoms with Gasteiger partial charge in [0.05, 0.1) is 4.92 Å². The number of anilines is 3. The number of rotatable bonds is 3. The molecule has 0 unspecified atom stereocenters. The lowest BCUT2D eigenvalue weighted by Crippen LogP contribution is -2.12. The molecule has 0 aliphatic rings. The molecule has 0 heterocycles. The molecule has 2 aromatic rings. The number of nitrogens with zero attached hydrogens (tertiary/aromatic N) is 2. The second kappa shape index (κ2) is 4.93. The zero-order chi connectivity index (χ0) is 14.0. The quantitative estimate of drug-likeness (QED) is 0.523.